The molecule has 1 aromatic carbocycles. The first kappa shape index (κ1) is 22.4. The van der Waals surface area contributed by atoms with Gasteiger partial charge in [-0.1, -0.05) is 13.8 Å². The second-order valence-corrected chi connectivity index (χ2v) is 5.16. The molecule has 0 atom stereocenters. The summed E-state index contributed by atoms with van der Waals surface area (Å²) in [5, 5.41) is 10.5. The van der Waals surface area contributed by atoms with E-state index < -0.39 is 6.36 Å². The molecule has 1 fully saturated rings. The summed E-state index contributed by atoms with van der Waals surface area (Å²) in [6.07, 6.45) is -2.42. The number of nitrogens with one attached hydrogen (secondary N) is 1. The molecule has 1 aliphatic rings. The number of alkyl halides is 3. The number of carbonyl (C=O) groups is 1. The van der Waals surface area contributed by atoms with Gasteiger partial charge in [-0.25, -0.2) is 9.97 Å². The Morgan fingerprint density at radius 1 is 1.30 bits per heavy atom. The van der Waals surface area contributed by atoms with Crippen LogP contribution >= 0.6 is 0 Å². The Labute approximate surface area is 155 Å². The smallest absolute Gasteiger partial charge is 0.497 e. The highest BCUT2D eigenvalue weighted by Crippen LogP contribution is 2.23. The van der Waals surface area contributed by atoms with Gasteiger partial charge in [0.15, 0.2) is 0 Å². The number of fused-ring (bicyclic) bond motifs is 1. The van der Waals surface area contributed by atoms with E-state index in [0.29, 0.717) is 5.82 Å². The molecule has 150 valence electrons. The number of methoxy groups -OCH3 is 1. The van der Waals surface area contributed by atoms with Crippen LogP contribution in [-0.4, -0.2) is 59.0 Å². The van der Waals surface area contributed by atoms with Crippen molar-refractivity contribution in [3.05, 3.63) is 24.5 Å². The van der Waals surface area contributed by atoms with E-state index in [1.165, 1.54) is 6.33 Å². The summed E-state index contributed by atoms with van der Waals surface area (Å²) in [7, 11) is 1.62. The van der Waals surface area contributed by atoms with Gasteiger partial charge in [-0.2, -0.15) is 0 Å². The van der Waals surface area contributed by atoms with Gasteiger partial charge in [0.1, 0.15) is 17.9 Å². The fourth-order valence-corrected chi connectivity index (χ4v) is 2.14. The fraction of sp³-hybridized carbons (Fsp3) is 0.471. The number of hydrogen-bond donors (Lipinski definition) is 2. The van der Waals surface area contributed by atoms with Gasteiger partial charge in [0, 0.05) is 24.5 Å². The van der Waals surface area contributed by atoms with Crippen LogP contribution in [0.15, 0.2) is 24.5 Å². The van der Waals surface area contributed by atoms with Crippen LogP contribution in [0.1, 0.15) is 20.3 Å². The lowest BCUT2D eigenvalue weighted by Gasteiger charge is -2.31. The van der Waals surface area contributed by atoms with Crippen molar-refractivity contribution in [1.82, 2.24) is 14.9 Å². The Bertz CT molecular complexity index is 731. The number of aromatic nitrogens is 2. The Kier molecular flexibility index (Phi) is 8.73. The number of benzene rings is 1. The van der Waals surface area contributed by atoms with Gasteiger partial charge in [0.05, 0.1) is 19.2 Å². The number of halogens is 3. The van der Waals surface area contributed by atoms with E-state index in [9.17, 15) is 18.0 Å². The number of likely N-dealkylation sites (tertiary alicyclic amines) is 1. The largest absolute Gasteiger partial charge is 0.519 e. The molecule has 0 aliphatic carbocycles. The summed E-state index contributed by atoms with van der Waals surface area (Å²) in [5.74, 6) is 1.53. The molecule has 2 aromatic rings. The number of nitrogens with zero attached hydrogens (tertiary/aromatic N) is 3. The summed E-state index contributed by atoms with van der Waals surface area (Å²) in [6.45, 7) is 5.99. The lowest BCUT2D eigenvalue weighted by Crippen LogP contribution is -2.44. The van der Waals surface area contributed by atoms with Gasteiger partial charge in [-0.15, -0.1) is 13.2 Å². The summed E-state index contributed by atoms with van der Waals surface area (Å²) in [6, 6.07) is 5.60. The molecule has 0 unspecified atom stereocenters. The SMILES string of the molecule is CC.COc1ccc2c(NCC(=O)N3CCC3)ncnc2c1.OC(F)(F)F. The molecule has 1 aromatic heterocycles. The van der Waals surface area contributed by atoms with Crippen LogP contribution in [0, 0.1) is 0 Å². The third-order valence-corrected chi connectivity index (χ3v) is 3.46. The Balaban J connectivity index is 0.000000454. The van der Waals surface area contributed by atoms with Crippen LogP contribution in [0.2, 0.25) is 0 Å². The molecule has 7 nitrogen and oxygen atoms in total. The normalized spacial score (nSPS) is 12.8. The number of ether oxygens (including phenoxy) is 1. The third-order valence-electron chi connectivity index (χ3n) is 3.46. The van der Waals surface area contributed by atoms with Crippen molar-refractivity contribution in [2.75, 3.05) is 32.1 Å². The van der Waals surface area contributed by atoms with E-state index >= 15 is 0 Å². The van der Waals surface area contributed by atoms with E-state index in [2.05, 4.69) is 15.3 Å². The number of hydrogen-bond acceptors (Lipinski definition) is 6. The van der Waals surface area contributed by atoms with Crippen LogP contribution in [-0.2, 0) is 4.79 Å². The maximum atomic E-state index is 11.8. The van der Waals surface area contributed by atoms with Gasteiger partial charge < -0.3 is 20.1 Å². The minimum absolute atomic E-state index is 0.108. The van der Waals surface area contributed by atoms with Gasteiger partial charge in [-0.05, 0) is 18.6 Å². The zero-order valence-electron chi connectivity index (χ0n) is 15.4. The molecule has 27 heavy (non-hydrogen) atoms. The summed E-state index contributed by atoms with van der Waals surface area (Å²) >= 11 is 0. The predicted molar refractivity (Wildman–Crippen MR) is 95.4 cm³/mol. The van der Waals surface area contributed by atoms with Crippen LogP contribution in [0.3, 0.4) is 0 Å². The Hall–Kier alpha value is -2.62. The first-order valence-electron chi connectivity index (χ1n) is 8.37. The van der Waals surface area contributed by atoms with E-state index in [0.717, 1.165) is 36.2 Å². The lowest BCUT2D eigenvalue weighted by molar-refractivity contribution is -0.295. The van der Waals surface area contributed by atoms with Crippen LogP contribution in [0.25, 0.3) is 10.9 Å². The lowest BCUT2D eigenvalue weighted by atomic mass is 10.2. The molecule has 10 heteroatoms. The quantitative estimate of drug-likeness (QED) is 0.838. The summed E-state index contributed by atoms with van der Waals surface area (Å²) in [5.41, 5.74) is 0.790. The summed E-state index contributed by atoms with van der Waals surface area (Å²) in [4.78, 5) is 22.1. The molecule has 0 saturated carbocycles. The average Bonchev–Trinajstić information content (AvgIpc) is 2.58. The number of carbonyl (C=O) groups excluding carboxylic acids is 1. The minimum Gasteiger partial charge on any atom is -0.497 e. The number of aliphatic hydroxyl groups is 1. The second kappa shape index (κ2) is 10.5. The fourth-order valence-electron chi connectivity index (χ4n) is 2.14. The average molecular weight is 388 g/mol. The van der Waals surface area contributed by atoms with Crippen molar-refractivity contribution in [3.63, 3.8) is 0 Å². The zero-order chi connectivity index (χ0) is 20.4. The van der Waals surface area contributed by atoms with Crippen LogP contribution in [0.5, 0.6) is 5.75 Å². The van der Waals surface area contributed by atoms with Crippen molar-refractivity contribution >= 4 is 22.6 Å². The summed E-state index contributed by atoms with van der Waals surface area (Å²) < 4.78 is 34.9. The highest BCUT2D eigenvalue weighted by atomic mass is 19.4. The maximum Gasteiger partial charge on any atom is 0.519 e. The van der Waals surface area contributed by atoms with Gasteiger partial charge in [0.2, 0.25) is 5.91 Å². The van der Waals surface area contributed by atoms with E-state index in [1.807, 2.05) is 36.9 Å². The molecule has 0 radical (unpaired) electrons. The van der Waals surface area contributed by atoms with E-state index in [4.69, 9.17) is 9.84 Å². The Morgan fingerprint density at radius 2 is 1.93 bits per heavy atom. The first-order valence-corrected chi connectivity index (χ1v) is 8.37. The molecule has 0 spiro atoms. The molecule has 0 bridgehead atoms. The number of rotatable bonds is 4. The first-order chi connectivity index (χ1) is 12.8. The van der Waals surface area contributed by atoms with Crippen LogP contribution < -0.4 is 10.1 Å². The molecule has 1 aliphatic heterocycles. The van der Waals surface area contributed by atoms with Gasteiger partial charge in [0.25, 0.3) is 0 Å². The maximum absolute atomic E-state index is 11.8. The van der Waals surface area contributed by atoms with Crippen molar-refractivity contribution < 1.29 is 27.8 Å². The minimum atomic E-state index is -5.00. The molecular weight excluding hydrogens is 365 g/mol. The molecule has 2 heterocycles. The monoisotopic (exact) mass is 388 g/mol. The number of amides is 1. The molecule has 2 N–H and O–H groups in total. The van der Waals surface area contributed by atoms with E-state index in [1.54, 1.807) is 7.11 Å². The van der Waals surface area contributed by atoms with Crippen molar-refractivity contribution in [2.45, 2.75) is 26.6 Å². The van der Waals surface area contributed by atoms with Gasteiger partial charge >= 0.3 is 6.36 Å². The van der Waals surface area contributed by atoms with Crippen molar-refractivity contribution in [3.8, 4) is 5.75 Å². The third kappa shape index (κ3) is 7.65. The van der Waals surface area contributed by atoms with Crippen LogP contribution in [0.4, 0.5) is 19.0 Å². The van der Waals surface area contributed by atoms with Gasteiger partial charge in [-0.3, -0.25) is 4.79 Å². The topological polar surface area (TPSA) is 87.6 Å². The van der Waals surface area contributed by atoms with E-state index in [-0.39, 0.29) is 12.5 Å². The molecule has 1 saturated heterocycles. The second-order valence-electron chi connectivity index (χ2n) is 5.16. The highest BCUT2D eigenvalue weighted by Gasteiger charge is 2.20. The predicted octanol–water partition coefficient (Wildman–Crippen LogP) is 2.81. The Morgan fingerprint density at radius 3 is 2.44 bits per heavy atom. The molecular formula is C17H23F3N4O3. The van der Waals surface area contributed by atoms with Crippen molar-refractivity contribution in [1.29, 1.82) is 0 Å². The van der Waals surface area contributed by atoms with Crippen molar-refractivity contribution in [2.24, 2.45) is 0 Å². The number of anilines is 1. The standard InChI is InChI=1S/C14H16N4O2.C2H6.CHF3O/c1-20-10-3-4-11-12(7-10)16-9-17-14(11)15-8-13(19)18-5-2-6-18;1-2;2-1(3,4)5/h3-4,7,9H,2,5-6,8H2,1H3,(H,15,16,17);1-2H3;5H. The zero-order valence-corrected chi connectivity index (χ0v) is 15.4. The molecule has 3 rings (SSSR count). The molecule has 1 amide bonds. The highest BCUT2D eigenvalue weighted by molar-refractivity contribution is 5.91.